The molecule has 0 bridgehead atoms. The number of ether oxygens (including phenoxy) is 1. The summed E-state index contributed by atoms with van der Waals surface area (Å²) in [7, 11) is 0.0404. The molecule has 4 atom stereocenters. The van der Waals surface area contributed by atoms with Crippen LogP contribution in [-0.2, 0) is 19.0 Å². The average molecular weight is 558 g/mol. The van der Waals surface area contributed by atoms with Gasteiger partial charge in [-0.2, -0.15) is 4.90 Å². The average Bonchev–Trinajstić information content (AvgIpc) is 3.22. The minimum Gasteiger partial charge on any atom is -0.507 e. The lowest BCUT2D eigenvalue weighted by molar-refractivity contribution is -0.137. The quantitative estimate of drug-likeness (QED) is 0.297. The van der Waals surface area contributed by atoms with E-state index in [0.717, 1.165) is 46.2 Å². The van der Waals surface area contributed by atoms with Crippen molar-refractivity contribution in [3.8, 4) is 5.75 Å². The molecule has 3 amide bonds. The Morgan fingerprint density at radius 2 is 1.93 bits per heavy atom. The van der Waals surface area contributed by atoms with Gasteiger partial charge in [0.1, 0.15) is 5.75 Å². The SMILES string of the molecule is CCC1=C2[C@@H](CC/C(=C/c3cc(C)c(O)c(C)c3)c3ccccn3)OB(O)C[C@@H]2[C@@H]2C(=O)N(C(=O)OC)C(=O)[C@@H]2C1. The number of aryl methyl sites for hydroxylation is 2. The van der Waals surface area contributed by atoms with E-state index in [4.69, 9.17) is 9.39 Å². The summed E-state index contributed by atoms with van der Waals surface area (Å²) in [5, 5.41) is 21.0. The molecular formula is C31H35BN2O7. The maximum Gasteiger partial charge on any atom is 0.455 e. The smallest absolute Gasteiger partial charge is 0.455 e. The van der Waals surface area contributed by atoms with Gasteiger partial charge in [-0.25, -0.2) is 4.79 Å². The second-order valence-electron chi connectivity index (χ2n) is 11.1. The highest BCUT2D eigenvalue weighted by atomic mass is 16.5. The highest BCUT2D eigenvalue weighted by Gasteiger charge is 2.59. The Kier molecular flexibility index (Phi) is 8.15. The Balaban J connectivity index is 1.48. The molecule has 0 unspecified atom stereocenters. The van der Waals surface area contributed by atoms with Crippen LogP contribution in [0.25, 0.3) is 11.6 Å². The monoisotopic (exact) mass is 558 g/mol. The predicted octanol–water partition coefficient (Wildman–Crippen LogP) is 4.70. The molecule has 214 valence electrons. The second-order valence-corrected chi connectivity index (χ2v) is 11.1. The first-order valence-electron chi connectivity index (χ1n) is 14.1. The van der Waals surface area contributed by atoms with Gasteiger partial charge in [0.05, 0.1) is 30.7 Å². The fourth-order valence-corrected chi connectivity index (χ4v) is 6.76. The molecule has 2 aromatic rings. The van der Waals surface area contributed by atoms with E-state index in [0.29, 0.717) is 30.6 Å². The van der Waals surface area contributed by atoms with Crippen LogP contribution in [0, 0.1) is 31.6 Å². The number of hydrogen-bond acceptors (Lipinski definition) is 8. The third-order valence-electron chi connectivity index (χ3n) is 8.62. The Morgan fingerprint density at radius 3 is 2.56 bits per heavy atom. The Bertz CT molecular complexity index is 1410. The van der Waals surface area contributed by atoms with Crippen LogP contribution < -0.4 is 0 Å². The lowest BCUT2D eigenvalue weighted by Crippen LogP contribution is -2.46. The van der Waals surface area contributed by atoms with Crippen molar-refractivity contribution in [2.24, 2.45) is 17.8 Å². The minimum absolute atomic E-state index is 0.180. The highest BCUT2D eigenvalue weighted by Crippen LogP contribution is 2.51. The van der Waals surface area contributed by atoms with E-state index in [1.165, 1.54) is 0 Å². The molecule has 5 rings (SSSR count). The van der Waals surface area contributed by atoms with Gasteiger partial charge in [-0.15, -0.1) is 0 Å². The zero-order valence-electron chi connectivity index (χ0n) is 23.8. The van der Waals surface area contributed by atoms with E-state index < -0.39 is 48.9 Å². The molecule has 2 N–H and O–H groups in total. The molecular weight excluding hydrogens is 523 g/mol. The summed E-state index contributed by atoms with van der Waals surface area (Å²) in [5.41, 5.74) is 6.27. The fourth-order valence-electron chi connectivity index (χ4n) is 6.76. The normalized spacial score (nSPS) is 24.5. The summed E-state index contributed by atoms with van der Waals surface area (Å²) >= 11 is 0. The van der Waals surface area contributed by atoms with E-state index >= 15 is 0 Å². The molecule has 3 heterocycles. The molecule has 2 fully saturated rings. The van der Waals surface area contributed by atoms with Gasteiger partial charge in [-0.1, -0.05) is 18.6 Å². The van der Waals surface area contributed by atoms with Crippen molar-refractivity contribution in [1.29, 1.82) is 0 Å². The van der Waals surface area contributed by atoms with Crippen molar-refractivity contribution in [2.75, 3.05) is 7.11 Å². The number of phenols is 1. The molecule has 1 aliphatic carbocycles. The van der Waals surface area contributed by atoms with Crippen molar-refractivity contribution < 1.29 is 33.9 Å². The Hall–Kier alpha value is -3.76. The number of aromatic hydroxyl groups is 1. The molecule has 10 heteroatoms. The highest BCUT2D eigenvalue weighted by molar-refractivity contribution is 6.43. The van der Waals surface area contributed by atoms with E-state index in [1.54, 1.807) is 6.20 Å². The number of likely N-dealkylation sites (tertiary alicyclic amines) is 1. The molecule has 3 aliphatic rings. The molecule has 2 aliphatic heterocycles. The van der Waals surface area contributed by atoms with Crippen LogP contribution in [0.2, 0.25) is 6.32 Å². The Morgan fingerprint density at radius 1 is 1.20 bits per heavy atom. The summed E-state index contributed by atoms with van der Waals surface area (Å²) in [6.45, 7) is 5.74. The summed E-state index contributed by atoms with van der Waals surface area (Å²) in [4.78, 5) is 44.0. The predicted molar refractivity (Wildman–Crippen MR) is 153 cm³/mol. The van der Waals surface area contributed by atoms with E-state index in [9.17, 15) is 24.5 Å². The Labute approximate surface area is 240 Å². The summed E-state index contributed by atoms with van der Waals surface area (Å²) < 4.78 is 10.8. The zero-order chi connectivity index (χ0) is 29.4. The topological polar surface area (TPSA) is 126 Å². The van der Waals surface area contributed by atoms with Crippen LogP contribution >= 0.6 is 0 Å². The van der Waals surface area contributed by atoms with Gasteiger partial charge in [0.2, 0.25) is 11.8 Å². The van der Waals surface area contributed by atoms with Gasteiger partial charge in [-0.05, 0) is 110 Å². The number of amides is 3. The zero-order valence-corrected chi connectivity index (χ0v) is 23.8. The number of fused-ring (bicyclic) bond motifs is 3. The number of rotatable bonds is 6. The lowest BCUT2D eigenvalue weighted by atomic mass is 9.58. The van der Waals surface area contributed by atoms with E-state index in [1.807, 2.05) is 51.1 Å². The summed E-state index contributed by atoms with van der Waals surface area (Å²) in [6.07, 6.45) is 4.66. The van der Waals surface area contributed by atoms with Crippen molar-refractivity contribution in [3.63, 3.8) is 0 Å². The van der Waals surface area contributed by atoms with Crippen LogP contribution in [-0.4, -0.2) is 58.3 Å². The standard InChI is InChI=1S/C31H35BN2O7/c1-5-20-15-22-27(30(37)34(29(22)36)31(38)40-4)23-16-32(39)41-25(26(20)23)10-9-21(24-8-6-7-11-33-24)14-19-12-17(2)28(35)18(3)13-19/h6-8,11-14,22-23,25,27,35,39H,5,9-10,15-16H2,1-4H3/b21-14-/t22-,23+,25-,27-/m1/s1. The maximum atomic E-state index is 13.4. The van der Waals surface area contributed by atoms with Crippen molar-refractivity contribution >= 4 is 36.7 Å². The molecule has 9 nitrogen and oxygen atoms in total. The van der Waals surface area contributed by atoms with Crippen LogP contribution in [0.15, 0.2) is 47.7 Å². The minimum atomic E-state index is -1.11. The third-order valence-corrected chi connectivity index (χ3v) is 8.62. The fraction of sp³-hybridized carbons (Fsp3) is 0.419. The molecule has 1 aromatic carbocycles. The number of aromatic nitrogens is 1. The van der Waals surface area contributed by atoms with Crippen molar-refractivity contribution in [1.82, 2.24) is 9.88 Å². The van der Waals surface area contributed by atoms with Crippen LogP contribution in [0.1, 0.15) is 55.0 Å². The first kappa shape index (κ1) is 28.8. The second kappa shape index (κ2) is 11.6. The number of benzene rings is 1. The summed E-state index contributed by atoms with van der Waals surface area (Å²) in [5.74, 6) is -2.62. The number of imide groups is 3. The van der Waals surface area contributed by atoms with E-state index in [-0.39, 0.29) is 12.1 Å². The third kappa shape index (κ3) is 5.34. The number of hydrogen-bond donors (Lipinski definition) is 2. The van der Waals surface area contributed by atoms with Gasteiger partial charge < -0.3 is 19.5 Å². The number of phenolic OH excluding ortho intramolecular Hbond substituents is 1. The largest absolute Gasteiger partial charge is 0.507 e. The van der Waals surface area contributed by atoms with Gasteiger partial charge in [-0.3, -0.25) is 14.6 Å². The van der Waals surface area contributed by atoms with Gasteiger partial charge in [0.25, 0.3) is 0 Å². The number of nitrogens with zero attached hydrogens (tertiary/aromatic N) is 2. The van der Waals surface area contributed by atoms with Crippen molar-refractivity contribution in [3.05, 3.63) is 70.1 Å². The number of allylic oxidation sites excluding steroid dienone is 2. The van der Waals surface area contributed by atoms with Crippen LogP contribution in [0.4, 0.5) is 4.79 Å². The molecule has 1 aromatic heterocycles. The van der Waals surface area contributed by atoms with Gasteiger partial charge in [0.15, 0.2) is 0 Å². The van der Waals surface area contributed by atoms with Crippen LogP contribution in [0.3, 0.4) is 0 Å². The van der Waals surface area contributed by atoms with Crippen LogP contribution in [0.5, 0.6) is 5.75 Å². The molecule has 41 heavy (non-hydrogen) atoms. The number of pyridine rings is 1. The number of carbonyl (C=O) groups excluding carboxylic acids is 3. The van der Waals surface area contributed by atoms with Gasteiger partial charge >= 0.3 is 13.2 Å². The number of carbonyl (C=O) groups is 3. The summed E-state index contributed by atoms with van der Waals surface area (Å²) in [6, 6.07) is 9.58. The number of methoxy groups -OCH3 is 1. The van der Waals surface area contributed by atoms with E-state index in [2.05, 4.69) is 11.1 Å². The molecule has 0 saturated carbocycles. The van der Waals surface area contributed by atoms with Crippen molar-refractivity contribution in [2.45, 2.75) is 58.9 Å². The maximum absolute atomic E-state index is 13.4. The molecule has 0 spiro atoms. The molecule has 2 saturated heterocycles. The lowest BCUT2D eigenvalue weighted by Gasteiger charge is -2.43. The van der Waals surface area contributed by atoms with Gasteiger partial charge in [0, 0.05) is 6.20 Å². The first-order valence-corrected chi connectivity index (χ1v) is 14.1. The first-order chi connectivity index (χ1) is 19.6. The molecule has 0 radical (unpaired) electrons.